The van der Waals surface area contributed by atoms with Crippen molar-refractivity contribution in [2.45, 2.75) is 59.0 Å². The monoisotopic (exact) mass is 461 g/mol. The number of rotatable bonds is 6. The molecule has 7 nitrogen and oxygen atoms in total. The molecule has 1 N–H and O–H groups in total. The molecule has 1 aliphatic rings. The van der Waals surface area contributed by atoms with Gasteiger partial charge >= 0.3 is 0 Å². The highest BCUT2D eigenvalue weighted by molar-refractivity contribution is 7.18. The number of hydrogen-bond acceptors (Lipinski definition) is 5. The second-order valence-electron chi connectivity index (χ2n) is 8.56. The number of thiophene rings is 1. The van der Waals surface area contributed by atoms with Gasteiger partial charge in [0.15, 0.2) is 0 Å². The fourth-order valence-electron chi connectivity index (χ4n) is 4.59. The summed E-state index contributed by atoms with van der Waals surface area (Å²) in [7, 11) is 0. The van der Waals surface area contributed by atoms with E-state index in [-0.39, 0.29) is 17.9 Å². The van der Waals surface area contributed by atoms with Crippen molar-refractivity contribution in [1.29, 1.82) is 0 Å². The maximum absolute atomic E-state index is 13.1. The molecule has 3 heterocycles. The third-order valence-electron chi connectivity index (χ3n) is 6.43. The number of hydrogen-bond donors (Lipinski definition) is 1. The number of nitrogens with one attached hydrogen (secondary N) is 1. The second-order valence-corrected chi connectivity index (χ2v) is 9.64. The Hall–Kier alpha value is -3.26. The number of para-hydroxylation sites is 1. The molecule has 0 atom stereocenters. The molecule has 8 heteroatoms. The SMILES string of the molecule is Cc1nn(-c2ccccc2)c(C)c1CNC(=O)CCn1cnc2sc3c(c2c1=O)CCCC3. The van der Waals surface area contributed by atoms with Crippen molar-refractivity contribution in [2.75, 3.05) is 0 Å². The highest BCUT2D eigenvalue weighted by Gasteiger charge is 2.20. The zero-order chi connectivity index (χ0) is 22.9. The van der Waals surface area contributed by atoms with Gasteiger partial charge in [0, 0.05) is 35.6 Å². The van der Waals surface area contributed by atoms with Crippen LogP contribution in [0.5, 0.6) is 0 Å². The summed E-state index contributed by atoms with van der Waals surface area (Å²) in [6.45, 7) is 4.69. The lowest BCUT2D eigenvalue weighted by Gasteiger charge is -2.11. The van der Waals surface area contributed by atoms with Crippen molar-refractivity contribution in [1.82, 2.24) is 24.6 Å². The summed E-state index contributed by atoms with van der Waals surface area (Å²) >= 11 is 1.64. The van der Waals surface area contributed by atoms with E-state index in [2.05, 4.69) is 15.4 Å². The normalized spacial score (nSPS) is 13.3. The zero-order valence-electron chi connectivity index (χ0n) is 18.9. The Kier molecular flexibility index (Phi) is 5.85. The van der Waals surface area contributed by atoms with Crippen LogP contribution in [0.15, 0.2) is 41.5 Å². The standard InChI is InChI=1S/C25H27N5O2S/c1-16-20(17(2)30(28-16)18-8-4-3-5-9-18)14-26-22(31)12-13-29-15-27-24-23(25(29)32)19-10-6-7-11-21(19)33-24/h3-5,8-9,15H,6-7,10-14H2,1-2H3,(H,26,31). The number of fused-ring (bicyclic) bond motifs is 3. The first-order valence-electron chi connectivity index (χ1n) is 11.4. The summed E-state index contributed by atoms with van der Waals surface area (Å²) < 4.78 is 3.48. The van der Waals surface area contributed by atoms with Crippen LogP contribution in [0.4, 0.5) is 0 Å². The minimum atomic E-state index is -0.0967. The van der Waals surface area contributed by atoms with Gasteiger partial charge in [-0.05, 0) is 57.2 Å². The first kappa shape index (κ1) is 21.6. The molecular formula is C25H27N5O2S. The first-order chi connectivity index (χ1) is 16.0. The fourth-order valence-corrected chi connectivity index (χ4v) is 5.81. The molecule has 33 heavy (non-hydrogen) atoms. The van der Waals surface area contributed by atoms with Crippen molar-refractivity contribution in [2.24, 2.45) is 0 Å². The third-order valence-corrected chi connectivity index (χ3v) is 7.63. The van der Waals surface area contributed by atoms with Crippen LogP contribution in [-0.2, 0) is 30.7 Å². The van der Waals surface area contributed by atoms with Gasteiger partial charge in [0.1, 0.15) is 4.83 Å². The summed E-state index contributed by atoms with van der Waals surface area (Å²) in [4.78, 5) is 32.3. The van der Waals surface area contributed by atoms with Crippen LogP contribution in [0.1, 0.15) is 46.7 Å². The number of carbonyl (C=O) groups is 1. The van der Waals surface area contributed by atoms with Crippen molar-refractivity contribution >= 4 is 27.5 Å². The maximum Gasteiger partial charge on any atom is 0.262 e. The van der Waals surface area contributed by atoms with Crippen LogP contribution in [-0.4, -0.2) is 25.2 Å². The first-order valence-corrected chi connectivity index (χ1v) is 12.2. The molecule has 0 saturated carbocycles. The quantitative estimate of drug-likeness (QED) is 0.473. The Balaban J connectivity index is 1.26. The Morgan fingerprint density at radius 3 is 2.76 bits per heavy atom. The molecule has 1 aliphatic carbocycles. The summed E-state index contributed by atoms with van der Waals surface area (Å²) in [5, 5.41) is 8.39. The molecule has 0 unspecified atom stereocenters. The van der Waals surface area contributed by atoms with E-state index in [4.69, 9.17) is 0 Å². The van der Waals surface area contributed by atoms with E-state index in [1.807, 2.05) is 48.9 Å². The molecule has 1 amide bonds. The van der Waals surface area contributed by atoms with Crippen LogP contribution in [0.2, 0.25) is 0 Å². The van der Waals surface area contributed by atoms with Gasteiger partial charge < -0.3 is 5.32 Å². The second kappa shape index (κ2) is 8.94. The van der Waals surface area contributed by atoms with E-state index in [9.17, 15) is 9.59 Å². The molecule has 3 aromatic heterocycles. The Morgan fingerprint density at radius 2 is 1.94 bits per heavy atom. The number of nitrogens with zero attached hydrogens (tertiary/aromatic N) is 4. The minimum absolute atomic E-state index is 0.0250. The van der Waals surface area contributed by atoms with Crippen molar-refractivity contribution in [3.05, 3.63) is 74.4 Å². The summed E-state index contributed by atoms with van der Waals surface area (Å²) in [6, 6.07) is 9.95. The van der Waals surface area contributed by atoms with E-state index in [1.165, 1.54) is 16.9 Å². The molecule has 0 saturated heterocycles. The Bertz CT molecular complexity index is 1380. The van der Waals surface area contributed by atoms with Crippen molar-refractivity contribution < 1.29 is 4.79 Å². The maximum atomic E-state index is 13.1. The fraction of sp³-hybridized carbons (Fsp3) is 0.360. The average molecular weight is 462 g/mol. The van der Waals surface area contributed by atoms with Crippen molar-refractivity contribution in [3.8, 4) is 5.69 Å². The van der Waals surface area contributed by atoms with Gasteiger partial charge in [-0.2, -0.15) is 5.10 Å². The topological polar surface area (TPSA) is 81.8 Å². The lowest BCUT2D eigenvalue weighted by atomic mass is 9.97. The minimum Gasteiger partial charge on any atom is -0.352 e. The van der Waals surface area contributed by atoms with Gasteiger partial charge in [-0.3, -0.25) is 14.2 Å². The smallest absolute Gasteiger partial charge is 0.262 e. The molecule has 1 aromatic carbocycles. The van der Waals surface area contributed by atoms with E-state index >= 15 is 0 Å². The van der Waals surface area contributed by atoms with Crippen LogP contribution in [0.25, 0.3) is 15.9 Å². The lowest BCUT2D eigenvalue weighted by Crippen LogP contribution is -2.27. The molecule has 0 aliphatic heterocycles. The molecular weight excluding hydrogens is 434 g/mol. The zero-order valence-corrected chi connectivity index (χ0v) is 19.7. The van der Waals surface area contributed by atoms with Gasteiger partial charge in [-0.15, -0.1) is 11.3 Å². The van der Waals surface area contributed by atoms with E-state index in [1.54, 1.807) is 22.2 Å². The molecule has 4 aromatic rings. The van der Waals surface area contributed by atoms with Gasteiger partial charge in [-0.1, -0.05) is 18.2 Å². The predicted octanol–water partition coefficient (Wildman–Crippen LogP) is 3.85. The van der Waals surface area contributed by atoms with E-state index in [0.717, 1.165) is 52.1 Å². The van der Waals surface area contributed by atoms with E-state index < -0.39 is 0 Å². The highest BCUT2D eigenvalue weighted by atomic mass is 32.1. The average Bonchev–Trinajstić information content (AvgIpc) is 3.35. The molecule has 0 bridgehead atoms. The number of benzene rings is 1. The highest BCUT2D eigenvalue weighted by Crippen LogP contribution is 2.33. The summed E-state index contributed by atoms with van der Waals surface area (Å²) in [5.41, 5.74) is 5.06. The van der Waals surface area contributed by atoms with Crippen LogP contribution in [0, 0.1) is 13.8 Å². The van der Waals surface area contributed by atoms with Gasteiger partial charge in [0.05, 0.1) is 23.1 Å². The number of aryl methyl sites for hydroxylation is 4. The Morgan fingerprint density at radius 1 is 1.15 bits per heavy atom. The van der Waals surface area contributed by atoms with Crippen LogP contribution >= 0.6 is 11.3 Å². The van der Waals surface area contributed by atoms with Crippen molar-refractivity contribution in [3.63, 3.8) is 0 Å². The van der Waals surface area contributed by atoms with Gasteiger partial charge in [-0.25, -0.2) is 9.67 Å². The summed E-state index contributed by atoms with van der Waals surface area (Å²) in [5.74, 6) is -0.0967. The third kappa shape index (κ3) is 4.11. The van der Waals surface area contributed by atoms with Gasteiger partial charge in [0.2, 0.25) is 5.91 Å². The number of aromatic nitrogens is 4. The Labute approximate surface area is 196 Å². The predicted molar refractivity (Wildman–Crippen MR) is 130 cm³/mol. The lowest BCUT2D eigenvalue weighted by molar-refractivity contribution is -0.121. The molecule has 0 radical (unpaired) electrons. The van der Waals surface area contributed by atoms with E-state index in [0.29, 0.717) is 13.1 Å². The largest absolute Gasteiger partial charge is 0.352 e. The molecule has 0 fully saturated rings. The number of amides is 1. The van der Waals surface area contributed by atoms with Crippen LogP contribution < -0.4 is 10.9 Å². The molecule has 170 valence electrons. The molecule has 5 rings (SSSR count). The number of carbonyl (C=O) groups excluding carboxylic acids is 1. The molecule has 0 spiro atoms. The van der Waals surface area contributed by atoms with Gasteiger partial charge in [0.25, 0.3) is 5.56 Å². The summed E-state index contributed by atoms with van der Waals surface area (Å²) in [6.07, 6.45) is 6.10. The van der Waals surface area contributed by atoms with Crippen LogP contribution in [0.3, 0.4) is 0 Å².